The minimum Gasteiger partial charge on any atom is -0.392 e. The lowest BCUT2D eigenvalue weighted by atomic mass is 10.3. The zero-order valence-electron chi connectivity index (χ0n) is 7.91. The van der Waals surface area contributed by atoms with Crippen LogP contribution in [0.5, 0.6) is 0 Å². The lowest BCUT2D eigenvalue weighted by Crippen LogP contribution is -2.26. The zero-order chi connectivity index (χ0) is 12.3. The molecule has 1 rings (SSSR count). The maximum Gasteiger partial charge on any atom is 0.239 e. The molecule has 4 nitrogen and oxygen atoms in total. The zero-order valence-corrected chi connectivity index (χ0v) is 12.7. The van der Waals surface area contributed by atoms with Crippen LogP contribution in [0.4, 0.5) is 5.69 Å². The van der Waals surface area contributed by atoms with Crippen molar-refractivity contribution in [2.24, 2.45) is 5.73 Å². The first-order valence-electron chi connectivity index (χ1n) is 4.04. The van der Waals surface area contributed by atoms with Crippen molar-refractivity contribution in [1.82, 2.24) is 0 Å². The van der Waals surface area contributed by atoms with Gasteiger partial charge >= 0.3 is 0 Å². The maximum atomic E-state index is 11.6. The number of rotatable bonds is 4. The van der Waals surface area contributed by atoms with E-state index in [1.807, 2.05) is 0 Å². The van der Waals surface area contributed by atoms with E-state index in [9.17, 15) is 8.42 Å². The number of hydrogen-bond acceptors (Lipinski definition) is 3. The highest BCUT2D eigenvalue weighted by Gasteiger charge is 2.15. The minimum absolute atomic E-state index is 0.0734. The molecule has 0 aliphatic carbocycles. The highest BCUT2D eigenvalue weighted by molar-refractivity contribution is 9.11. The van der Waals surface area contributed by atoms with Crippen molar-refractivity contribution in [1.29, 1.82) is 0 Å². The molecule has 8 heteroatoms. The molecule has 88 valence electrons. The third kappa shape index (κ3) is 4.00. The molecule has 3 N–H and O–H groups in total. The van der Waals surface area contributed by atoms with E-state index >= 15 is 0 Å². The molecule has 0 atom stereocenters. The summed E-state index contributed by atoms with van der Waals surface area (Å²) < 4.78 is 26.9. The van der Waals surface area contributed by atoms with Crippen LogP contribution in [0.2, 0.25) is 0 Å². The molecule has 0 amide bonds. The molecule has 0 bridgehead atoms. The molecule has 1 aromatic rings. The van der Waals surface area contributed by atoms with E-state index in [1.54, 1.807) is 18.2 Å². The van der Waals surface area contributed by atoms with Crippen LogP contribution in [0.15, 0.2) is 27.1 Å². The Morgan fingerprint density at radius 2 is 1.88 bits per heavy atom. The van der Waals surface area contributed by atoms with Crippen molar-refractivity contribution in [3.63, 3.8) is 0 Å². The lowest BCUT2D eigenvalue weighted by molar-refractivity contribution is 0.605. The highest BCUT2D eigenvalue weighted by Crippen LogP contribution is 2.31. The van der Waals surface area contributed by atoms with Crippen LogP contribution in [-0.2, 0) is 10.0 Å². The van der Waals surface area contributed by atoms with Crippen molar-refractivity contribution >= 4 is 64.8 Å². The van der Waals surface area contributed by atoms with Gasteiger partial charge in [0.15, 0.2) is 0 Å². The van der Waals surface area contributed by atoms with Crippen LogP contribution in [-0.4, -0.2) is 19.2 Å². The summed E-state index contributed by atoms with van der Waals surface area (Å²) in [4.78, 5) is -0.0734. The van der Waals surface area contributed by atoms with Crippen molar-refractivity contribution in [2.75, 3.05) is 10.5 Å². The second-order valence-corrected chi connectivity index (χ2v) is 6.88. The molecule has 0 heterocycles. The fourth-order valence-electron chi connectivity index (χ4n) is 0.974. The fraction of sp³-hybridized carbons (Fsp3) is 0.125. The van der Waals surface area contributed by atoms with Crippen LogP contribution < -0.4 is 10.5 Å². The molecule has 0 aliphatic rings. The number of thiocarbonyl (C=S) groups is 1. The van der Waals surface area contributed by atoms with Gasteiger partial charge in [-0.1, -0.05) is 18.3 Å². The number of anilines is 1. The number of nitrogens with one attached hydrogen (secondary N) is 1. The van der Waals surface area contributed by atoms with Gasteiger partial charge in [0.1, 0.15) is 5.75 Å². The summed E-state index contributed by atoms with van der Waals surface area (Å²) in [7, 11) is -3.56. The first kappa shape index (κ1) is 13.9. The Bertz CT molecular complexity index is 497. The molecule has 0 saturated heterocycles. The Morgan fingerprint density at radius 3 is 2.31 bits per heavy atom. The number of halogens is 2. The first-order chi connectivity index (χ1) is 7.32. The number of hydrogen-bond donors (Lipinski definition) is 2. The molecular formula is C8H8Br2N2O2S2. The summed E-state index contributed by atoms with van der Waals surface area (Å²) in [6.07, 6.45) is 0. The van der Waals surface area contributed by atoms with Crippen molar-refractivity contribution < 1.29 is 8.42 Å². The SMILES string of the molecule is NC(=S)CS(=O)(=O)Nc1c(Br)cccc1Br. The third-order valence-electron chi connectivity index (χ3n) is 1.55. The Morgan fingerprint density at radius 1 is 1.38 bits per heavy atom. The van der Waals surface area contributed by atoms with E-state index in [1.165, 1.54) is 0 Å². The van der Waals surface area contributed by atoms with Crippen LogP contribution in [0.1, 0.15) is 0 Å². The summed E-state index contributed by atoms with van der Waals surface area (Å²) >= 11 is 11.1. The molecule has 0 unspecified atom stereocenters. The molecule has 0 spiro atoms. The van der Waals surface area contributed by atoms with Crippen LogP contribution in [0.3, 0.4) is 0 Å². The molecule has 0 aliphatic heterocycles. The highest BCUT2D eigenvalue weighted by atomic mass is 79.9. The smallest absolute Gasteiger partial charge is 0.239 e. The number of para-hydroxylation sites is 1. The molecule has 0 saturated carbocycles. The first-order valence-corrected chi connectivity index (χ1v) is 7.69. The fourth-order valence-corrected chi connectivity index (χ4v) is 3.88. The number of sulfonamides is 1. The number of nitrogens with two attached hydrogens (primary N) is 1. The van der Waals surface area contributed by atoms with Gasteiger partial charge in [-0.25, -0.2) is 8.42 Å². The predicted molar refractivity (Wildman–Crippen MR) is 76.0 cm³/mol. The number of benzene rings is 1. The predicted octanol–water partition coefficient (Wildman–Crippen LogP) is 2.24. The second kappa shape index (κ2) is 5.44. The van der Waals surface area contributed by atoms with E-state index < -0.39 is 10.0 Å². The Hall–Kier alpha value is -0.180. The van der Waals surface area contributed by atoms with E-state index in [2.05, 4.69) is 48.8 Å². The molecule has 0 aromatic heterocycles. The van der Waals surface area contributed by atoms with Gasteiger partial charge in [-0.2, -0.15) is 0 Å². The van der Waals surface area contributed by atoms with Crippen LogP contribution >= 0.6 is 44.1 Å². The molecule has 0 fully saturated rings. The summed E-state index contributed by atoms with van der Waals surface area (Å²) in [5, 5.41) is 0. The average molecular weight is 388 g/mol. The largest absolute Gasteiger partial charge is 0.392 e. The third-order valence-corrected chi connectivity index (χ3v) is 4.41. The molecular weight excluding hydrogens is 380 g/mol. The standard InChI is InChI=1S/C8H8Br2N2O2S2/c9-5-2-1-3-6(10)8(5)12-16(13,14)4-7(11)15/h1-3,12H,4H2,(H2,11,15). The van der Waals surface area contributed by atoms with Crippen LogP contribution in [0, 0.1) is 0 Å². The summed E-state index contributed by atoms with van der Waals surface area (Å²) in [5.74, 6) is -0.379. The van der Waals surface area contributed by atoms with Crippen molar-refractivity contribution in [3.05, 3.63) is 27.1 Å². The second-order valence-electron chi connectivity index (χ2n) is 2.92. The average Bonchev–Trinajstić information content (AvgIpc) is 2.09. The van der Waals surface area contributed by atoms with Gasteiger partial charge in [0, 0.05) is 8.95 Å². The molecule has 0 radical (unpaired) electrons. The van der Waals surface area contributed by atoms with Gasteiger partial charge in [0.25, 0.3) is 0 Å². The van der Waals surface area contributed by atoms with E-state index in [4.69, 9.17) is 5.73 Å². The summed E-state index contributed by atoms with van der Waals surface area (Å²) in [6.45, 7) is 0. The van der Waals surface area contributed by atoms with Gasteiger partial charge in [-0.3, -0.25) is 4.72 Å². The Kier molecular flexibility index (Phi) is 4.72. The quantitative estimate of drug-likeness (QED) is 0.777. The van der Waals surface area contributed by atoms with E-state index in [0.29, 0.717) is 14.6 Å². The molecule has 16 heavy (non-hydrogen) atoms. The van der Waals surface area contributed by atoms with Gasteiger partial charge in [-0.15, -0.1) is 0 Å². The minimum atomic E-state index is -3.56. The Balaban J connectivity index is 3.01. The van der Waals surface area contributed by atoms with Gasteiger partial charge in [0.05, 0.1) is 10.7 Å². The van der Waals surface area contributed by atoms with Gasteiger partial charge in [0.2, 0.25) is 10.0 Å². The summed E-state index contributed by atoms with van der Waals surface area (Å²) in [5.41, 5.74) is 5.63. The van der Waals surface area contributed by atoms with E-state index in [0.717, 1.165) is 0 Å². The van der Waals surface area contributed by atoms with Gasteiger partial charge < -0.3 is 5.73 Å². The Labute approximate surface area is 116 Å². The van der Waals surface area contributed by atoms with Gasteiger partial charge in [-0.05, 0) is 44.0 Å². The summed E-state index contributed by atoms with van der Waals surface area (Å²) in [6, 6.07) is 5.23. The maximum absolute atomic E-state index is 11.6. The van der Waals surface area contributed by atoms with Crippen molar-refractivity contribution in [2.45, 2.75) is 0 Å². The topological polar surface area (TPSA) is 72.2 Å². The lowest BCUT2D eigenvalue weighted by Gasteiger charge is -2.10. The monoisotopic (exact) mass is 386 g/mol. The van der Waals surface area contributed by atoms with Crippen molar-refractivity contribution in [3.8, 4) is 0 Å². The normalized spacial score (nSPS) is 11.1. The molecule has 1 aromatic carbocycles. The van der Waals surface area contributed by atoms with Crippen LogP contribution in [0.25, 0.3) is 0 Å². The van der Waals surface area contributed by atoms with E-state index in [-0.39, 0.29) is 10.7 Å².